The van der Waals surface area contributed by atoms with Crippen LogP contribution in [0.3, 0.4) is 0 Å². The molecule has 96 valence electrons. The zero-order valence-corrected chi connectivity index (χ0v) is 11.1. The number of hydrogen-bond donors (Lipinski definition) is 2. The average Bonchev–Trinajstić information content (AvgIpc) is 2.30. The van der Waals surface area contributed by atoms with Gasteiger partial charge in [-0.15, -0.1) is 0 Å². The number of aliphatic hydroxyl groups is 2. The van der Waals surface area contributed by atoms with Gasteiger partial charge in [0.15, 0.2) is 0 Å². The third-order valence-electron chi connectivity index (χ3n) is 3.12. The first kappa shape index (κ1) is 14.2. The Hall–Kier alpha value is -0.860. The molecular formula is C15H24O2. The van der Waals surface area contributed by atoms with Crippen molar-refractivity contribution in [3.63, 3.8) is 0 Å². The fourth-order valence-corrected chi connectivity index (χ4v) is 1.90. The summed E-state index contributed by atoms with van der Waals surface area (Å²) in [4.78, 5) is 0. The predicted octanol–water partition coefficient (Wildman–Crippen LogP) is 2.87. The van der Waals surface area contributed by atoms with Gasteiger partial charge in [-0.3, -0.25) is 0 Å². The van der Waals surface area contributed by atoms with Crippen LogP contribution in [0.4, 0.5) is 0 Å². The van der Waals surface area contributed by atoms with E-state index in [9.17, 15) is 10.2 Å². The Bertz CT molecular complexity index is 316. The Kier molecular flexibility index (Phi) is 5.66. The van der Waals surface area contributed by atoms with Crippen LogP contribution in [0.1, 0.15) is 50.7 Å². The molecule has 0 radical (unpaired) electrons. The highest BCUT2D eigenvalue weighted by molar-refractivity contribution is 5.25. The molecule has 2 atom stereocenters. The molecule has 0 aliphatic rings. The summed E-state index contributed by atoms with van der Waals surface area (Å²) in [7, 11) is 0. The van der Waals surface area contributed by atoms with Crippen LogP contribution >= 0.6 is 0 Å². The minimum Gasteiger partial charge on any atom is -0.390 e. The molecule has 0 aromatic heterocycles. The van der Waals surface area contributed by atoms with Crippen molar-refractivity contribution < 1.29 is 10.2 Å². The molecule has 2 N–H and O–H groups in total. The summed E-state index contributed by atoms with van der Waals surface area (Å²) in [5.74, 6) is 0.527. The highest BCUT2D eigenvalue weighted by Crippen LogP contribution is 2.16. The summed E-state index contributed by atoms with van der Waals surface area (Å²) >= 11 is 0. The van der Waals surface area contributed by atoms with Crippen LogP contribution in [-0.4, -0.2) is 22.4 Å². The van der Waals surface area contributed by atoms with E-state index in [4.69, 9.17) is 0 Å². The van der Waals surface area contributed by atoms with Gasteiger partial charge in [-0.1, -0.05) is 51.5 Å². The van der Waals surface area contributed by atoms with Gasteiger partial charge >= 0.3 is 0 Å². The second-order valence-electron chi connectivity index (χ2n) is 5.02. The van der Waals surface area contributed by atoms with Crippen molar-refractivity contribution in [1.29, 1.82) is 0 Å². The summed E-state index contributed by atoms with van der Waals surface area (Å²) in [5, 5.41) is 19.5. The topological polar surface area (TPSA) is 40.5 Å². The van der Waals surface area contributed by atoms with Crippen LogP contribution in [0.2, 0.25) is 0 Å². The van der Waals surface area contributed by atoms with Crippen LogP contribution < -0.4 is 0 Å². The van der Waals surface area contributed by atoms with Gasteiger partial charge in [0.1, 0.15) is 0 Å². The molecule has 0 heterocycles. The largest absolute Gasteiger partial charge is 0.390 e. The Morgan fingerprint density at radius 1 is 1.00 bits per heavy atom. The van der Waals surface area contributed by atoms with Crippen molar-refractivity contribution in [2.75, 3.05) is 0 Å². The van der Waals surface area contributed by atoms with E-state index in [1.807, 2.05) is 19.1 Å². The maximum absolute atomic E-state index is 9.83. The summed E-state index contributed by atoms with van der Waals surface area (Å²) in [6, 6.07) is 8.27. The summed E-state index contributed by atoms with van der Waals surface area (Å²) in [5.41, 5.74) is 2.38. The molecule has 0 spiro atoms. The predicted molar refractivity (Wildman–Crippen MR) is 71.2 cm³/mol. The summed E-state index contributed by atoms with van der Waals surface area (Å²) in [6.45, 7) is 6.33. The van der Waals surface area contributed by atoms with Crippen molar-refractivity contribution in [3.8, 4) is 0 Å². The molecule has 2 unspecified atom stereocenters. The first-order chi connectivity index (χ1) is 8.04. The van der Waals surface area contributed by atoms with Crippen LogP contribution in [0, 0.1) is 0 Å². The average molecular weight is 236 g/mol. The van der Waals surface area contributed by atoms with Gasteiger partial charge in [-0.2, -0.15) is 0 Å². The lowest BCUT2D eigenvalue weighted by atomic mass is 9.97. The third-order valence-corrected chi connectivity index (χ3v) is 3.12. The SMILES string of the molecule is CCCC(O)C(O)Cc1ccc(C(C)C)cc1. The van der Waals surface area contributed by atoms with E-state index in [2.05, 4.69) is 26.0 Å². The Morgan fingerprint density at radius 3 is 2.06 bits per heavy atom. The lowest BCUT2D eigenvalue weighted by Crippen LogP contribution is -2.27. The Labute approximate surface area is 104 Å². The number of benzene rings is 1. The van der Waals surface area contributed by atoms with Crippen molar-refractivity contribution in [3.05, 3.63) is 35.4 Å². The van der Waals surface area contributed by atoms with Crippen molar-refractivity contribution in [2.45, 2.75) is 58.2 Å². The lowest BCUT2D eigenvalue weighted by Gasteiger charge is -2.17. The molecule has 0 bridgehead atoms. The Balaban J connectivity index is 2.56. The van der Waals surface area contributed by atoms with Gasteiger partial charge in [-0.25, -0.2) is 0 Å². The lowest BCUT2D eigenvalue weighted by molar-refractivity contribution is 0.0148. The van der Waals surface area contributed by atoms with Crippen molar-refractivity contribution in [1.82, 2.24) is 0 Å². The highest BCUT2D eigenvalue weighted by atomic mass is 16.3. The van der Waals surface area contributed by atoms with Gasteiger partial charge in [-0.05, 0) is 23.5 Å². The zero-order valence-electron chi connectivity index (χ0n) is 11.1. The first-order valence-electron chi connectivity index (χ1n) is 6.49. The van der Waals surface area contributed by atoms with Crippen molar-refractivity contribution in [2.24, 2.45) is 0 Å². The normalized spacial score (nSPS) is 14.9. The molecule has 0 aliphatic heterocycles. The number of rotatable bonds is 6. The van der Waals surface area contributed by atoms with E-state index in [1.165, 1.54) is 5.56 Å². The zero-order chi connectivity index (χ0) is 12.8. The molecule has 0 fully saturated rings. The second-order valence-corrected chi connectivity index (χ2v) is 5.02. The summed E-state index contributed by atoms with van der Waals surface area (Å²) in [6.07, 6.45) is 0.819. The molecular weight excluding hydrogens is 212 g/mol. The van der Waals surface area contributed by atoms with Gasteiger partial charge in [0.2, 0.25) is 0 Å². The van der Waals surface area contributed by atoms with Gasteiger partial charge in [0, 0.05) is 6.42 Å². The first-order valence-corrected chi connectivity index (χ1v) is 6.49. The monoisotopic (exact) mass is 236 g/mol. The van der Waals surface area contributed by atoms with Crippen LogP contribution in [0.25, 0.3) is 0 Å². The maximum Gasteiger partial charge on any atom is 0.0839 e. The molecule has 0 saturated carbocycles. The van der Waals surface area contributed by atoms with Crippen LogP contribution in [-0.2, 0) is 6.42 Å². The quantitative estimate of drug-likeness (QED) is 0.797. The molecule has 0 aliphatic carbocycles. The number of hydrogen-bond acceptors (Lipinski definition) is 2. The van der Waals surface area contributed by atoms with E-state index in [1.54, 1.807) is 0 Å². The van der Waals surface area contributed by atoms with E-state index in [0.717, 1.165) is 12.0 Å². The minimum atomic E-state index is -0.653. The van der Waals surface area contributed by atoms with Crippen LogP contribution in [0.15, 0.2) is 24.3 Å². The number of aliphatic hydroxyl groups excluding tert-OH is 2. The van der Waals surface area contributed by atoms with E-state index in [-0.39, 0.29) is 0 Å². The van der Waals surface area contributed by atoms with E-state index in [0.29, 0.717) is 18.8 Å². The molecule has 2 nitrogen and oxygen atoms in total. The smallest absolute Gasteiger partial charge is 0.0839 e. The molecule has 1 aromatic carbocycles. The summed E-state index contributed by atoms with van der Waals surface area (Å²) < 4.78 is 0. The maximum atomic E-state index is 9.83. The second kappa shape index (κ2) is 6.77. The highest BCUT2D eigenvalue weighted by Gasteiger charge is 2.15. The minimum absolute atomic E-state index is 0.527. The van der Waals surface area contributed by atoms with Crippen molar-refractivity contribution >= 4 is 0 Å². The Morgan fingerprint density at radius 2 is 1.59 bits per heavy atom. The third kappa shape index (κ3) is 4.49. The molecule has 2 heteroatoms. The molecule has 1 aromatic rings. The fourth-order valence-electron chi connectivity index (χ4n) is 1.90. The fraction of sp³-hybridized carbons (Fsp3) is 0.600. The van der Waals surface area contributed by atoms with E-state index < -0.39 is 12.2 Å². The molecule has 17 heavy (non-hydrogen) atoms. The van der Waals surface area contributed by atoms with Gasteiger partial charge in [0.25, 0.3) is 0 Å². The van der Waals surface area contributed by atoms with E-state index >= 15 is 0 Å². The standard InChI is InChI=1S/C15H24O2/c1-4-5-14(16)15(17)10-12-6-8-13(9-7-12)11(2)3/h6-9,11,14-17H,4-5,10H2,1-3H3. The van der Waals surface area contributed by atoms with Gasteiger partial charge in [0.05, 0.1) is 12.2 Å². The molecule has 1 rings (SSSR count). The molecule has 0 amide bonds. The van der Waals surface area contributed by atoms with Gasteiger partial charge < -0.3 is 10.2 Å². The van der Waals surface area contributed by atoms with Crippen LogP contribution in [0.5, 0.6) is 0 Å². The molecule has 0 saturated heterocycles.